The largest absolute Gasteiger partial charge is 0.384 e. The average Bonchev–Trinajstić information content (AvgIpc) is 2.88. The summed E-state index contributed by atoms with van der Waals surface area (Å²) in [5, 5.41) is 0. The van der Waals surface area contributed by atoms with Crippen LogP contribution in [0.5, 0.6) is 0 Å². The normalized spacial score (nSPS) is 11.6. The van der Waals surface area contributed by atoms with Gasteiger partial charge in [-0.1, -0.05) is 0 Å². The van der Waals surface area contributed by atoms with Crippen molar-refractivity contribution in [3.63, 3.8) is 0 Å². The van der Waals surface area contributed by atoms with Crippen molar-refractivity contribution in [2.45, 2.75) is 17.7 Å². The van der Waals surface area contributed by atoms with Gasteiger partial charge in [0.15, 0.2) is 0 Å². The molecule has 0 radical (unpaired) electrons. The molecule has 0 unspecified atom stereocenters. The molecule has 2 aromatic rings. The number of rotatable bonds is 6. The van der Waals surface area contributed by atoms with E-state index in [4.69, 9.17) is 5.73 Å². The van der Waals surface area contributed by atoms with Crippen molar-refractivity contribution in [2.24, 2.45) is 0 Å². The molecule has 0 aliphatic carbocycles. The molecule has 0 amide bonds. The van der Waals surface area contributed by atoms with Crippen molar-refractivity contribution in [3.8, 4) is 0 Å². The summed E-state index contributed by atoms with van der Waals surface area (Å²) in [4.78, 5) is 10.9. The van der Waals surface area contributed by atoms with Crippen LogP contribution in [0.25, 0.3) is 0 Å². The number of hydrogen-bond donors (Lipinski definition) is 3. The zero-order chi connectivity index (χ0) is 13.7. The number of sulfonamides is 1. The monoisotopic (exact) mass is 281 g/mol. The summed E-state index contributed by atoms with van der Waals surface area (Å²) in [7, 11) is -3.52. The second kappa shape index (κ2) is 5.81. The predicted octanol–water partition coefficient (Wildman–Crippen LogP) is 0.298. The second-order valence-electron chi connectivity index (χ2n) is 3.96. The lowest BCUT2D eigenvalue weighted by molar-refractivity contribution is 0.578. The van der Waals surface area contributed by atoms with Crippen molar-refractivity contribution < 1.29 is 8.42 Å². The number of anilines is 1. The Kier molecular flexibility index (Phi) is 4.13. The van der Waals surface area contributed by atoms with Crippen LogP contribution in [0.2, 0.25) is 0 Å². The molecule has 0 atom stereocenters. The molecule has 0 spiro atoms. The van der Waals surface area contributed by atoms with E-state index < -0.39 is 10.0 Å². The maximum absolute atomic E-state index is 11.9. The molecule has 2 rings (SSSR count). The molecule has 0 bridgehead atoms. The molecule has 2 heterocycles. The van der Waals surface area contributed by atoms with E-state index >= 15 is 0 Å². The summed E-state index contributed by atoms with van der Waals surface area (Å²) in [5.41, 5.74) is 5.41. The fourth-order valence-electron chi connectivity index (χ4n) is 1.53. The van der Waals surface area contributed by atoms with Crippen LogP contribution in [0.3, 0.4) is 0 Å². The van der Waals surface area contributed by atoms with E-state index in [0.29, 0.717) is 19.4 Å². The fraction of sp³-hybridized carbons (Fsp3) is 0.273. The number of hydrogen-bond acceptors (Lipinski definition) is 5. The quantitative estimate of drug-likeness (QED) is 0.659. The molecule has 2 aromatic heterocycles. The first kappa shape index (κ1) is 13.5. The Bertz CT molecular complexity index is 607. The first-order valence-electron chi connectivity index (χ1n) is 5.77. The Morgan fingerprint density at radius 2 is 2.16 bits per heavy atom. The van der Waals surface area contributed by atoms with Gasteiger partial charge in [-0.3, -0.25) is 0 Å². The van der Waals surface area contributed by atoms with Gasteiger partial charge in [-0.05, 0) is 18.6 Å². The molecule has 0 aliphatic heterocycles. The van der Waals surface area contributed by atoms with Gasteiger partial charge in [-0.2, -0.15) is 0 Å². The number of aromatic amines is 1. The third kappa shape index (κ3) is 3.76. The molecule has 0 fully saturated rings. The van der Waals surface area contributed by atoms with Crippen LogP contribution in [0, 0.1) is 0 Å². The lowest BCUT2D eigenvalue weighted by atomic mass is 10.3. The van der Waals surface area contributed by atoms with Gasteiger partial charge < -0.3 is 10.7 Å². The number of aryl methyl sites for hydroxylation is 1. The summed E-state index contributed by atoms with van der Waals surface area (Å²) in [5.74, 6) is 1.13. The number of imidazole rings is 1. The zero-order valence-electron chi connectivity index (χ0n) is 10.2. The van der Waals surface area contributed by atoms with E-state index in [1.54, 1.807) is 12.4 Å². The van der Waals surface area contributed by atoms with Gasteiger partial charge in [-0.15, -0.1) is 0 Å². The molecule has 0 saturated carbocycles. The first-order valence-corrected chi connectivity index (χ1v) is 7.26. The highest BCUT2D eigenvalue weighted by Crippen LogP contribution is 2.08. The number of nitrogens with zero attached hydrogens (tertiary/aromatic N) is 2. The Morgan fingerprint density at radius 1 is 1.32 bits per heavy atom. The maximum Gasteiger partial charge on any atom is 0.242 e. The predicted molar refractivity (Wildman–Crippen MR) is 70.7 cm³/mol. The van der Waals surface area contributed by atoms with Crippen LogP contribution in [0.15, 0.2) is 35.6 Å². The molecule has 0 saturated heterocycles. The van der Waals surface area contributed by atoms with Crippen LogP contribution in [0.1, 0.15) is 12.2 Å². The highest BCUT2D eigenvalue weighted by molar-refractivity contribution is 7.89. The number of nitrogens with one attached hydrogen (secondary N) is 2. The van der Waals surface area contributed by atoms with E-state index in [0.717, 1.165) is 5.82 Å². The number of nitrogen functional groups attached to an aromatic ring is 1. The smallest absolute Gasteiger partial charge is 0.242 e. The zero-order valence-corrected chi connectivity index (χ0v) is 11.0. The van der Waals surface area contributed by atoms with Gasteiger partial charge in [0.05, 0.1) is 0 Å². The highest BCUT2D eigenvalue weighted by Gasteiger charge is 2.13. The average molecular weight is 281 g/mol. The van der Waals surface area contributed by atoms with Gasteiger partial charge in [-0.25, -0.2) is 23.1 Å². The summed E-state index contributed by atoms with van der Waals surface area (Å²) in [6.45, 7) is 0.341. The van der Waals surface area contributed by atoms with Gasteiger partial charge >= 0.3 is 0 Å². The molecular formula is C11H15N5O2S. The lowest BCUT2D eigenvalue weighted by Crippen LogP contribution is -2.25. The Balaban J connectivity index is 1.86. The van der Waals surface area contributed by atoms with Crippen molar-refractivity contribution >= 4 is 15.8 Å². The molecule has 8 heteroatoms. The minimum absolute atomic E-state index is 0.111. The molecule has 19 heavy (non-hydrogen) atoms. The molecule has 102 valence electrons. The van der Waals surface area contributed by atoms with Crippen molar-refractivity contribution in [2.75, 3.05) is 12.3 Å². The van der Waals surface area contributed by atoms with Gasteiger partial charge in [0.1, 0.15) is 16.5 Å². The van der Waals surface area contributed by atoms with Crippen molar-refractivity contribution in [1.29, 1.82) is 0 Å². The van der Waals surface area contributed by atoms with E-state index in [-0.39, 0.29) is 10.7 Å². The minimum Gasteiger partial charge on any atom is -0.384 e. The summed E-state index contributed by atoms with van der Waals surface area (Å²) < 4.78 is 26.3. The molecular weight excluding hydrogens is 266 g/mol. The van der Waals surface area contributed by atoms with Crippen LogP contribution >= 0.6 is 0 Å². The summed E-state index contributed by atoms with van der Waals surface area (Å²) >= 11 is 0. The van der Waals surface area contributed by atoms with Gasteiger partial charge in [0.25, 0.3) is 0 Å². The minimum atomic E-state index is -3.52. The number of H-pyrrole nitrogens is 1. The van der Waals surface area contributed by atoms with Crippen molar-refractivity contribution in [1.82, 2.24) is 19.7 Å². The van der Waals surface area contributed by atoms with E-state index in [1.807, 2.05) is 0 Å². The van der Waals surface area contributed by atoms with E-state index in [2.05, 4.69) is 19.7 Å². The Morgan fingerprint density at radius 3 is 2.79 bits per heavy atom. The number of pyridine rings is 1. The highest BCUT2D eigenvalue weighted by atomic mass is 32.2. The molecule has 0 aromatic carbocycles. The Labute approximate surface area is 111 Å². The van der Waals surface area contributed by atoms with Crippen LogP contribution in [0.4, 0.5) is 5.82 Å². The summed E-state index contributed by atoms with van der Waals surface area (Å²) in [6, 6.07) is 2.88. The maximum atomic E-state index is 11.9. The topological polar surface area (TPSA) is 114 Å². The third-order valence-electron chi connectivity index (χ3n) is 2.51. The second-order valence-corrected chi connectivity index (χ2v) is 5.72. The molecule has 4 N–H and O–H groups in total. The van der Waals surface area contributed by atoms with Crippen LogP contribution in [-0.4, -0.2) is 29.9 Å². The molecule has 7 nitrogen and oxygen atoms in total. The van der Waals surface area contributed by atoms with Gasteiger partial charge in [0, 0.05) is 31.6 Å². The third-order valence-corrected chi connectivity index (χ3v) is 3.95. The SMILES string of the molecule is Nc1ccc(S(=O)(=O)NCCCc2ncc[nH]2)cn1. The number of aromatic nitrogens is 3. The van der Waals surface area contributed by atoms with Crippen molar-refractivity contribution in [3.05, 3.63) is 36.5 Å². The first-order chi connectivity index (χ1) is 9.08. The van der Waals surface area contributed by atoms with Crippen LogP contribution in [-0.2, 0) is 16.4 Å². The standard InChI is InChI=1S/C11H15N5O2S/c12-10-4-3-9(8-15-10)19(17,18)16-5-1-2-11-13-6-7-14-11/h3-4,6-8,16H,1-2,5H2,(H2,12,15)(H,13,14). The Hall–Kier alpha value is -1.93. The summed E-state index contributed by atoms with van der Waals surface area (Å²) in [6.07, 6.45) is 5.99. The van der Waals surface area contributed by atoms with E-state index in [1.165, 1.54) is 18.3 Å². The van der Waals surface area contributed by atoms with Crippen LogP contribution < -0.4 is 10.5 Å². The van der Waals surface area contributed by atoms with Gasteiger partial charge in [0.2, 0.25) is 10.0 Å². The van der Waals surface area contributed by atoms with E-state index in [9.17, 15) is 8.42 Å². The molecule has 0 aliphatic rings. The lowest BCUT2D eigenvalue weighted by Gasteiger charge is -2.06. The fourth-order valence-corrected chi connectivity index (χ4v) is 2.55. The number of nitrogens with two attached hydrogens (primary N) is 1.